The Morgan fingerprint density at radius 2 is 1.83 bits per heavy atom. The minimum absolute atomic E-state index is 0.00380. The average Bonchev–Trinajstić information content (AvgIpc) is 3.33. The summed E-state index contributed by atoms with van der Waals surface area (Å²) < 4.78 is 24.6. The zero-order valence-corrected chi connectivity index (χ0v) is 26.9. The summed E-state index contributed by atoms with van der Waals surface area (Å²) in [6.45, 7) is 7.68. The van der Waals surface area contributed by atoms with Crippen LogP contribution in [0.5, 0.6) is 17.2 Å². The molecule has 1 N–H and O–H groups in total. The minimum atomic E-state index is -1.01. The number of hydrogen-bond donors (Lipinski definition) is 1. The van der Waals surface area contributed by atoms with E-state index in [1.165, 1.54) is 29.1 Å². The van der Waals surface area contributed by atoms with Crippen LogP contribution >= 0.6 is 11.3 Å². The summed E-state index contributed by atoms with van der Waals surface area (Å²) in [6, 6.07) is 18.4. The van der Waals surface area contributed by atoms with E-state index < -0.39 is 18.0 Å². The normalized spacial score (nSPS) is 14.5. The molecule has 0 spiro atoms. The smallest absolute Gasteiger partial charge is 0.338 e. The predicted octanol–water partition coefficient (Wildman–Crippen LogP) is 4.87. The lowest BCUT2D eigenvalue weighted by molar-refractivity contribution is -0.139. The Hall–Kier alpha value is -5.16. The summed E-state index contributed by atoms with van der Waals surface area (Å²) in [5.74, 6) is 0.0430. The van der Waals surface area contributed by atoms with Gasteiger partial charge in [0.05, 0.1) is 47.2 Å². The number of esters is 1. The Kier molecular flexibility index (Phi) is 9.72. The molecule has 1 atom stereocenters. The van der Waals surface area contributed by atoms with Crippen molar-refractivity contribution in [2.45, 2.75) is 46.4 Å². The van der Waals surface area contributed by atoms with Gasteiger partial charge < -0.3 is 24.1 Å². The van der Waals surface area contributed by atoms with Gasteiger partial charge in [-0.25, -0.2) is 14.6 Å². The number of nitrogens with zero attached hydrogens (tertiary/aromatic N) is 2. The standard InChI is InChI=1S/C35H34N2O8S/c1-6-43-34(41)30-21(4)36-35-37(31(30)24-11-13-26(14-12-24)45-20(2)3)32(38)29(46-35)18-22-10-15-27(28(17-22)42-5)44-19-23-8-7-9-25(16-23)33(39)40/h7-18,20,31H,6,19H2,1-5H3,(H,39,40)/b29-18-/t31-/m0/s1. The SMILES string of the molecule is CCOC(=O)C1=C(C)N=c2s/c(=C\c3ccc(OCc4cccc(C(=O)O)c4)c(OC)c3)c(=O)n2[C@H]1c1ccc(OC(C)C)cc1. The molecule has 0 fully saturated rings. The number of aromatic carboxylic acids is 1. The van der Waals surface area contributed by atoms with Gasteiger partial charge in [-0.1, -0.05) is 41.7 Å². The Bertz CT molecular complexity index is 1990. The third-order valence-electron chi connectivity index (χ3n) is 7.14. The van der Waals surface area contributed by atoms with E-state index >= 15 is 0 Å². The van der Waals surface area contributed by atoms with Crippen LogP contribution in [0, 0.1) is 0 Å². The van der Waals surface area contributed by atoms with Gasteiger partial charge in [0.25, 0.3) is 5.56 Å². The monoisotopic (exact) mass is 642 g/mol. The van der Waals surface area contributed by atoms with Crippen LogP contribution in [-0.2, 0) is 16.1 Å². The van der Waals surface area contributed by atoms with Crippen LogP contribution in [-0.4, -0.2) is 41.4 Å². The molecule has 4 aromatic rings. The number of benzene rings is 3. The molecule has 0 radical (unpaired) electrons. The zero-order chi connectivity index (χ0) is 33.0. The molecule has 0 aliphatic carbocycles. The number of fused-ring (bicyclic) bond motifs is 1. The van der Waals surface area contributed by atoms with Gasteiger partial charge in [-0.15, -0.1) is 0 Å². The molecule has 1 aliphatic rings. The molecule has 1 aromatic heterocycles. The fourth-order valence-electron chi connectivity index (χ4n) is 5.11. The number of carbonyl (C=O) groups is 2. The summed E-state index contributed by atoms with van der Waals surface area (Å²) in [6.07, 6.45) is 1.74. The number of ether oxygens (including phenoxy) is 4. The van der Waals surface area contributed by atoms with Crippen LogP contribution in [0.1, 0.15) is 60.8 Å². The summed E-state index contributed by atoms with van der Waals surface area (Å²) >= 11 is 1.22. The van der Waals surface area contributed by atoms with E-state index in [2.05, 4.69) is 4.99 Å². The van der Waals surface area contributed by atoms with Gasteiger partial charge in [-0.3, -0.25) is 9.36 Å². The number of allylic oxidation sites excluding steroid dienone is 1. The first-order valence-corrected chi connectivity index (χ1v) is 15.5. The molecule has 2 heterocycles. The van der Waals surface area contributed by atoms with E-state index in [4.69, 9.17) is 18.9 Å². The molecule has 238 valence electrons. The van der Waals surface area contributed by atoms with Gasteiger partial charge in [0, 0.05) is 0 Å². The Balaban J connectivity index is 1.51. The van der Waals surface area contributed by atoms with E-state index in [0.29, 0.717) is 49.0 Å². The fourth-order valence-corrected chi connectivity index (χ4v) is 6.15. The maximum atomic E-state index is 14.0. The minimum Gasteiger partial charge on any atom is -0.493 e. The number of hydrogen-bond acceptors (Lipinski definition) is 9. The van der Waals surface area contributed by atoms with Crippen molar-refractivity contribution in [3.63, 3.8) is 0 Å². The molecule has 0 unspecified atom stereocenters. The molecule has 0 amide bonds. The average molecular weight is 643 g/mol. The van der Waals surface area contributed by atoms with Gasteiger partial charge >= 0.3 is 11.9 Å². The first kappa shape index (κ1) is 32.2. The number of aromatic nitrogens is 1. The van der Waals surface area contributed by atoms with Crippen molar-refractivity contribution in [3.8, 4) is 17.2 Å². The topological polar surface area (TPSA) is 126 Å². The molecule has 10 nitrogen and oxygen atoms in total. The Morgan fingerprint density at radius 3 is 2.50 bits per heavy atom. The number of carboxylic acids is 1. The molecule has 5 rings (SSSR count). The third kappa shape index (κ3) is 6.89. The van der Waals surface area contributed by atoms with Crippen molar-refractivity contribution in [1.29, 1.82) is 0 Å². The number of thiazole rings is 1. The predicted molar refractivity (Wildman–Crippen MR) is 173 cm³/mol. The van der Waals surface area contributed by atoms with Gasteiger partial charge in [0.1, 0.15) is 12.4 Å². The molecular formula is C35H34N2O8S. The Morgan fingerprint density at radius 1 is 1.07 bits per heavy atom. The lowest BCUT2D eigenvalue weighted by Crippen LogP contribution is -2.39. The maximum Gasteiger partial charge on any atom is 0.338 e. The molecule has 11 heteroatoms. The van der Waals surface area contributed by atoms with E-state index in [1.807, 2.05) is 38.1 Å². The first-order chi connectivity index (χ1) is 22.1. The molecule has 0 bridgehead atoms. The molecule has 0 saturated carbocycles. The molecule has 3 aromatic carbocycles. The maximum absolute atomic E-state index is 14.0. The second-order valence-electron chi connectivity index (χ2n) is 10.7. The van der Waals surface area contributed by atoms with Crippen LogP contribution in [0.15, 0.2) is 87.8 Å². The fraction of sp³-hybridized carbons (Fsp3) is 0.257. The quantitative estimate of drug-likeness (QED) is 0.230. The highest BCUT2D eigenvalue weighted by Crippen LogP contribution is 2.32. The molecule has 0 saturated heterocycles. The van der Waals surface area contributed by atoms with Gasteiger partial charge in [-0.2, -0.15) is 0 Å². The molecule has 46 heavy (non-hydrogen) atoms. The van der Waals surface area contributed by atoms with Crippen LogP contribution in [0.3, 0.4) is 0 Å². The van der Waals surface area contributed by atoms with E-state index in [-0.39, 0.29) is 30.4 Å². The Labute approximate surface area is 269 Å². The zero-order valence-electron chi connectivity index (χ0n) is 26.1. The van der Waals surface area contributed by atoms with Crippen LogP contribution in [0.2, 0.25) is 0 Å². The van der Waals surface area contributed by atoms with Crippen molar-refractivity contribution in [3.05, 3.63) is 120 Å². The van der Waals surface area contributed by atoms with Crippen molar-refractivity contribution in [1.82, 2.24) is 4.57 Å². The van der Waals surface area contributed by atoms with E-state index in [1.54, 1.807) is 56.3 Å². The third-order valence-corrected chi connectivity index (χ3v) is 8.12. The largest absolute Gasteiger partial charge is 0.493 e. The number of carboxylic acid groups (broad SMARTS) is 1. The molecular weight excluding hydrogens is 608 g/mol. The summed E-state index contributed by atoms with van der Waals surface area (Å²) in [5.41, 5.74) is 2.76. The summed E-state index contributed by atoms with van der Waals surface area (Å²) in [4.78, 5) is 43.6. The summed E-state index contributed by atoms with van der Waals surface area (Å²) in [5, 5.41) is 9.26. The highest BCUT2D eigenvalue weighted by atomic mass is 32.1. The first-order valence-electron chi connectivity index (χ1n) is 14.7. The van der Waals surface area contributed by atoms with Crippen molar-refractivity contribution >= 4 is 29.4 Å². The highest BCUT2D eigenvalue weighted by Gasteiger charge is 2.33. The van der Waals surface area contributed by atoms with Crippen molar-refractivity contribution in [2.75, 3.05) is 13.7 Å². The van der Waals surface area contributed by atoms with E-state index in [0.717, 1.165) is 5.56 Å². The van der Waals surface area contributed by atoms with Crippen molar-refractivity contribution < 1.29 is 33.6 Å². The van der Waals surface area contributed by atoms with Gasteiger partial charge in [0.2, 0.25) is 0 Å². The molecule has 1 aliphatic heterocycles. The van der Waals surface area contributed by atoms with Crippen molar-refractivity contribution in [2.24, 2.45) is 4.99 Å². The number of carbonyl (C=O) groups excluding carboxylic acids is 1. The number of rotatable bonds is 11. The second kappa shape index (κ2) is 13.9. The second-order valence-corrected chi connectivity index (χ2v) is 11.8. The van der Waals surface area contributed by atoms with Crippen LogP contribution < -0.4 is 29.1 Å². The van der Waals surface area contributed by atoms with Crippen LogP contribution in [0.25, 0.3) is 6.08 Å². The van der Waals surface area contributed by atoms with Crippen LogP contribution in [0.4, 0.5) is 0 Å². The number of methoxy groups -OCH3 is 1. The lowest BCUT2D eigenvalue weighted by atomic mass is 9.96. The van der Waals surface area contributed by atoms with Gasteiger partial charge in [0.15, 0.2) is 16.3 Å². The summed E-state index contributed by atoms with van der Waals surface area (Å²) in [7, 11) is 1.52. The van der Waals surface area contributed by atoms with E-state index in [9.17, 15) is 19.5 Å². The van der Waals surface area contributed by atoms with Gasteiger partial charge in [-0.05, 0) is 86.9 Å². The highest BCUT2D eigenvalue weighted by molar-refractivity contribution is 7.07. The lowest BCUT2D eigenvalue weighted by Gasteiger charge is -2.25.